The number of aromatic nitrogens is 1. The Balaban J connectivity index is 1.98. The van der Waals surface area contributed by atoms with Crippen molar-refractivity contribution in [1.82, 2.24) is 9.99 Å². The quantitative estimate of drug-likeness (QED) is 0.750. The fourth-order valence-corrected chi connectivity index (χ4v) is 4.57. The Hall–Kier alpha value is -1.14. The van der Waals surface area contributed by atoms with Gasteiger partial charge in [-0.05, 0) is 31.7 Å². The second-order valence-electron chi connectivity index (χ2n) is 6.40. The molecule has 6 heteroatoms. The van der Waals surface area contributed by atoms with Crippen LogP contribution < -0.4 is 4.74 Å². The predicted octanol–water partition coefficient (Wildman–Crippen LogP) is 3.26. The number of pyridine rings is 1. The van der Waals surface area contributed by atoms with Crippen molar-refractivity contribution >= 4 is 21.6 Å². The summed E-state index contributed by atoms with van der Waals surface area (Å²) in [5.74, 6) is 2.18. The van der Waals surface area contributed by atoms with Crippen molar-refractivity contribution < 1.29 is 9.47 Å². The Bertz CT molecular complexity index is 581. The lowest BCUT2D eigenvalue weighted by Crippen LogP contribution is -2.34. The summed E-state index contributed by atoms with van der Waals surface area (Å²) in [6.07, 6.45) is 5.81. The van der Waals surface area contributed by atoms with Gasteiger partial charge in [0.1, 0.15) is 10.8 Å². The summed E-state index contributed by atoms with van der Waals surface area (Å²) in [6.45, 7) is 3.87. The molecule has 0 bridgehead atoms. The lowest BCUT2D eigenvalue weighted by molar-refractivity contribution is 0.0356. The Labute approximate surface area is 146 Å². The van der Waals surface area contributed by atoms with Crippen LogP contribution in [0.2, 0.25) is 0 Å². The molecule has 1 saturated heterocycles. The van der Waals surface area contributed by atoms with Crippen LogP contribution >= 0.6 is 15.9 Å². The Morgan fingerprint density at radius 2 is 2.30 bits per heavy atom. The molecule has 126 valence electrons. The molecule has 1 aromatic rings. The van der Waals surface area contributed by atoms with Crippen molar-refractivity contribution in [3.63, 3.8) is 0 Å². The standard InChI is InChI=1S/C17H24BrN3O2/c1-11-14(10-21(2)20-11)17(12-5-7-23-16(18)8-12)13-9-19-6-4-15(13)22-3/h4,6,9,12,14,16-17H,5,7-8,10H2,1-3H3. The summed E-state index contributed by atoms with van der Waals surface area (Å²) in [7, 11) is 3.77. The van der Waals surface area contributed by atoms with Gasteiger partial charge in [-0.25, -0.2) is 0 Å². The van der Waals surface area contributed by atoms with Gasteiger partial charge < -0.3 is 9.47 Å². The highest BCUT2D eigenvalue weighted by Gasteiger charge is 2.39. The van der Waals surface area contributed by atoms with Crippen LogP contribution in [0.25, 0.3) is 0 Å². The lowest BCUT2D eigenvalue weighted by atomic mass is 9.72. The van der Waals surface area contributed by atoms with Gasteiger partial charge in [0, 0.05) is 55.7 Å². The number of hydrogen-bond donors (Lipinski definition) is 0. The highest BCUT2D eigenvalue weighted by atomic mass is 79.9. The zero-order valence-electron chi connectivity index (χ0n) is 13.9. The summed E-state index contributed by atoms with van der Waals surface area (Å²) in [6, 6.07) is 1.96. The highest BCUT2D eigenvalue weighted by Crippen LogP contribution is 2.44. The summed E-state index contributed by atoms with van der Waals surface area (Å²) in [5.41, 5.74) is 2.39. The van der Waals surface area contributed by atoms with E-state index in [1.165, 1.54) is 11.3 Å². The maximum atomic E-state index is 5.69. The largest absolute Gasteiger partial charge is 0.496 e. The van der Waals surface area contributed by atoms with Crippen LogP contribution in [0, 0.1) is 11.8 Å². The van der Waals surface area contributed by atoms with Crippen molar-refractivity contribution in [3.8, 4) is 5.75 Å². The molecule has 0 radical (unpaired) electrons. The number of hydrogen-bond acceptors (Lipinski definition) is 5. The molecular weight excluding hydrogens is 358 g/mol. The van der Waals surface area contributed by atoms with Crippen molar-refractivity contribution in [2.24, 2.45) is 16.9 Å². The number of nitrogens with zero attached hydrogens (tertiary/aromatic N) is 3. The lowest BCUT2D eigenvalue weighted by Gasteiger charge is -2.36. The van der Waals surface area contributed by atoms with E-state index in [9.17, 15) is 0 Å². The molecule has 2 aliphatic heterocycles. The van der Waals surface area contributed by atoms with E-state index in [4.69, 9.17) is 9.47 Å². The average molecular weight is 382 g/mol. The first-order valence-electron chi connectivity index (χ1n) is 8.10. The van der Waals surface area contributed by atoms with Gasteiger partial charge in [0.25, 0.3) is 0 Å². The molecule has 4 unspecified atom stereocenters. The molecule has 2 aliphatic rings. The molecule has 0 saturated carbocycles. The van der Waals surface area contributed by atoms with Gasteiger partial charge in [0.05, 0.1) is 7.11 Å². The van der Waals surface area contributed by atoms with E-state index >= 15 is 0 Å². The summed E-state index contributed by atoms with van der Waals surface area (Å²) >= 11 is 3.63. The second kappa shape index (κ2) is 7.18. The molecule has 0 N–H and O–H groups in total. The van der Waals surface area contributed by atoms with Gasteiger partial charge in [0.15, 0.2) is 0 Å². The molecule has 1 aromatic heterocycles. The van der Waals surface area contributed by atoms with Gasteiger partial charge in [0.2, 0.25) is 0 Å². The average Bonchev–Trinajstić information content (AvgIpc) is 2.87. The predicted molar refractivity (Wildman–Crippen MR) is 94.2 cm³/mol. The van der Waals surface area contributed by atoms with Crippen LogP contribution in [0.15, 0.2) is 23.6 Å². The fraction of sp³-hybridized carbons (Fsp3) is 0.647. The molecule has 23 heavy (non-hydrogen) atoms. The summed E-state index contributed by atoms with van der Waals surface area (Å²) in [5, 5.41) is 6.80. The third-order valence-corrected chi connectivity index (χ3v) is 5.57. The van der Waals surface area contributed by atoms with Crippen molar-refractivity contribution in [3.05, 3.63) is 24.0 Å². The number of halogens is 1. The smallest absolute Gasteiger partial charge is 0.125 e. The van der Waals surface area contributed by atoms with E-state index in [1.54, 1.807) is 13.3 Å². The maximum absolute atomic E-state index is 5.69. The van der Waals surface area contributed by atoms with Gasteiger partial charge in [-0.3, -0.25) is 9.99 Å². The number of methoxy groups -OCH3 is 1. The molecule has 0 spiro atoms. The molecule has 0 amide bonds. The third-order valence-electron chi connectivity index (χ3n) is 4.93. The third kappa shape index (κ3) is 3.53. The summed E-state index contributed by atoms with van der Waals surface area (Å²) < 4.78 is 11.3. The highest BCUT2D eigenvalue weighted by molar-refractivity contribution is 9.09. The number of alkyl halides is 1. The van der Waals surface area contributed by atoms with E-state index in [0.29, 0.717) is 17.8 Å². The Morgan fingerprint density at radius 1 is 1.48 bits per heavy atom. The minimum Gasteiger partial charge on any atom is -0.496 e. The van der Waals surface area contributed by atoms with Gasteiger partial charge >= 0.3 is 0 Å². The Morgan fingerprint density at radius 3 is 2.96 bits per heavy atom. The first kappa shape index (κ1) is 16.7. The van der Waals surface area contributed by atoms with Crippen molar-refractivity contribution in [2.45, 2.75) is 30.7 Å². The number of hydrazone groups is 1. The van der Waals surface area contributed by atoms with Crippen molar-refractivity contribution in [2.75, 3.05) is 27.3 Å². The van der Waals surface area contributed by atoms with E-state index < -0.39 is 0 Å². The van der Waals surface area contributed by atoms with Crippen LogP contribution in [0.1, 0.15) is 31.2 Å². The minimum absolute atomic E-state index is 0.128. The molecule has 4 atom stereocenters. The van der Waals surface area contributed by atoms with Gasteiger partial charge in [-0.15, -0.1) is 0 Å². The maximum Gasteiger partial charge on any atom is 0.125 e. The SMILES string of the molecule is COc1ccncc1C(C1CCOC(Br)C1)C1CN(C)N=C1C. The summed E-state index contributed by atoms with van der Waals surface area (Å²) in [4.78, 5) is 4.37. The zero-order valence-corrected chi connectivity index (χ0v) is 15.5. The molecule has 3 rings (SSSR count). The normalized spacial score (nSPS) is 29.3. The number of rotatable bonds is 4. The molecule has 0 aromatic carbocycles. The van der Waals surface area contributed by atoms with E-state index in [-0.39, 0.29) is 5.01 Å². The molecule has 5 nitrogen and oxygen atoms in total. The zero-order chi connectivity index (χ0) is 16.4. The van der Waals surface area contributed by atoms with Gasteiger partial charge in [-0.2, -0.15) is 5.10 Å². The van der Waals surface area contributed by atoms with E-state index in [1.807, 2.05) is 24.3 Å². The van der Waals surface area contributed by atoms with Crippen LogP contribution in [-0.4, -0.2) is 48.0 Å². The van der Waals surface area contributed by atoms with Crippen LogP contribution in [0.4, 0.5) is 0 Å². The van der Waals surface area contributed by atoms with Crippen LogP contribution in [0.5, 0.6) is 5.75 Å². The van der Waals surface area contributed by atoms with Crippen LogP contribution in [0.3, 0.4) is 0 Å². The molecular formula is C17H24BrN3O2. The van der Waals surface area contributed by atoms with Crippen LogP contribution in [-0.2, 0) is 4.74 Å². The Kier molecular flexibility index (Phi) is 5.21. The molecule has 3 heterocycles. The molecule has 0 aliphatic carbocycles. The van der Waals surface area contributed by atoms with Gasteiger partial charge in [-0.1, -0.05) is 15.9 Å². The fourth-order valence-electron chi connectivity index (χ4n) is 3.90. The first-order valence-corrected chi connectivity index (χ1v) is 9.01. The van der Waals surface area contributed by atoms with E-state index in [2.05, 4.69) is 32.9 Å². The minimum atomic E-state index is 0.128. The monoisotopic (exact) mass is 381 g/mol. The molecule has 1 fully saturated rings. The second-order valence-corrected chi connectivity index (χ2v) is 7.42. The van der Waals surface area contributed by atoms with Crippen molar-refractivity contribution in [1.29, 1.82) is 0 Å². The first-order chi connectivity index (χ1) is 11.1. The van der Waals surface area contributed by atoms with E-state index in [0.717, 1.165) is 31.7 Å². The number of ether oxygens (including phenoxy) is 2. The topological polar surface area (TPSA) is 47.0 Å².